The molecular formula is C20H25N7O2S. The van der Waals surface area contributed by atoms with Gasteiger partial charge in [-0.2, -0.15) is 0 Å². The molecular weight excluding hydrogens is 402 g/mol. The molecule has 158 valence electrons. The third-order valence-electron chi connectivity index (χ3n) is 5.13. The topological polar surface area (TPSA) is 99.9 Å². The molecule has 0 bridgehead atoms. The minimum atomic E-state index is 0.192. The SMILES string of the molecule is COc1cnc(C(C)C(C)SNc2nnc(-c3cccc(OC)n3)n2C2CC2)cn1. The summed E-state index contributed by atoms with van der Waals surface area (Å²) >= 11 is 1.60. The molecule has 1 saturated carbocycles. The van der Waals surface area contributed by atoms with Crippen LogP contribution >= 0.6 is 11.9 Å². The summed E-state index contributed by atoms with van der Waals surface area (Å²) in [5.74, 6) is 2.76. The third kappa shape index (κ3) is 4.33. The van der Waals surface area contributed by atoms with Gasteiger partial charge in [0.2, 0.25) is 17.7 Å². The first-order valence-electron chi connectivity index (χ1n) is 9.84. The summed E-state index contributed by atoms with van der Waals surface area (Å²) in [4.78, 5) is 13.2. The van der Waals surface area contributed by atoms with E-state index in [0.717, 1.165) is 36.0 Å². The van der Waals surface area contributed by atoms with Crippen LogP contribution in [0.3, 0.4) is 0 Å². The molecule has 0 spiro atoms. The molecule has 1 N–H and O–H groups in total. The lowest BCUT2D eigenvalue weighted by Crippen LogP contribution is -2.14. The highest BCUT2D eigenvalue weighted by molar-refractivity contribution is 8.01. The second-order valence-electron chi connectivity index (χ2n) is 7.21. The molecule has 0 saturated heterocycles. The molecule has 1 fully saturated rings. The molecule has 0 radical (unpaired) electrons. The number of nitrogens with one attached hydrogen (secondary N) is 1. The van der Waals surface area contributed by atoms with Gasteiger partial charge in [0.25, 0.3) is 0 Å². The summed E-state index contributed by atoms with van der Waals surface area (Å²) in [6, 6.07) is 6.05. The Bertz CT molecular complexity index is 991. The van der Waals surface area contributed by atoms with Crippen molar-refractivity contribution in [3.05, 3.63) is 36.3 Å². The third-order valence-corrected chi connectivity index (χ3v) is 6.21. The van der Waals surface area contributed by atoms with E-state index in [2.05, 4.69) is 48.3 Å². The van der Waals surface area contributed by atoms with Crippen LogP contribution in [0.25, 0.3) is 11.5 Å². The van der Waals surface area contributed by atoms with Crippen molar-refractivity contribution in [2.75, 3.05) is 18.9 Å². The molecule has 0 amide bonds. The van der Waals surface area contributed by atoms with Crippen LogP contribution < -0.4 is 14.2 Å². The van der Waals surface area contributed by atoms with Crippen LogP contribution in [-0.2, 0) is 0 Å². The Kier molecular flexibility index (Phi) is 6.03. The molecule has 9 nitrogen and oxygen atoms in total. The summed E-state index contributed by atoms with van der Waals surface area (Å²) in [5.41, 5.74) is 1.67. The standard InChI is InChI=1S/C20H25N7O2S/c1-12(16-10-22-18(29-4)11-21-16)13(2)30-26-20-25-24-19(27(20)14-8-9-14)15-6-5-7-17(23-15)28-3/h5-7,10-14H,8-9H2,1-4H3,(H,25,26). The highest BCUT2D eigenvalue weighted by Crippen LogP contribution is 2.41. The van der Waals surface area contributed by atoms with E-state index < -0.39 is 0 Å². The second kappa shape index (κ2) is 8.86. The molecule has 0 aromatic carbocycles. The fourth-order valence-corrected chi connectivity index (χ4v) is 3.80. The molecule has 0 aliphatic heterocycles. The van der Waals surface area contributed by atoms with Crippen molar-refractivity contribution in [3.8, 4) is 23.3 Å². The largest absolute Gasteiger partial charge is 0.481 e. The smallest absolute Gasteiger partial charge is 0.235 e. The number of hydrogen-bond donors (Lipinski definition) is 1. The molecule has 2 atom stereocenters. The van der Waals surface area contributed by atoms with E-state index in [0.29, 0.717) is 17.8 Å². The molecule has 4 rings (SSSR count). The van der Waals surface area contributed by atoms with Gasteiger partial charge in [-0.05, 0) is 30.9 Å². The maximum absolute atomic E-state index is 5.25. The van der Waals surface area contributed by atoms with Gasteiger partial charge in [-0.1, -0.05) is 19.9 Å². The number of rotatable bonds is 9. The summed E-state index contributed by atoms with van der Waals surface area (Å²) in [6.07, 6.45) is 5.64. The van der Waals surface area contributed by atoms with Crippen molar-refractivity contribution < 1.29 is 9.47 Å². The van der Waals surface area contributed by atoms with Gasteiger partial charge >= 0.3 is 0 Å². The molecule has 3 aromatic heterocycles. The van der Waals surface area contributed by atoms with Gasteiger partial charge in [-0.3, -0.25) is 14.3 Å². The first-order valence-corrected chi connectivity index (χ1v) is 10.7. The average molecular weight is 428 g/mol. The van der Waals surface area contributed by atoms with Crippen LogP contribution in [0.15, 0.2) is 30.6 Å². The zero-order valence-corrected chi connectivity index (χ0v) is 18.3. The predicted molar refractivity (Wildman–Crippen MR) is 116 cm³/mol. The number of pyridine rings is 1. The molecule has 1 aliphatic rings. The fourth-order valence-electron chi connectivity index (χ4n) is 3.02. The van der Waals surface area contributed by atoms with Crippen molar-refractivity contribution in [2.45, 2.75) is 43.9 Å². The predicted octanol–water partition coefficient (Wildman–Crippen LogP) is 3.73. The van der Waals surface area contributed by atoms with E-state index in [1.54, 1.807) is 38.6 Å². The van der Waals surface area contributed by atoms with Gasteiger partial charge in [0.15, 0.2) is 5.82 Å². The van der Waals surface area contributed by atoms with Crippen LogP contribution in [0.4, 0.5) is 5.95 Å². The van der Waals surface area contributed by atoms with E-state index in [-0.39, 0.29) is 11.2 Å². The summed E-state index contributed by atoms with van der Waals surface area (Å²) in [5, 5.41) is 9.03. The molecule has 30 heavy (non-hydrogen) atoms. The number of aromatic nitrogens is 6. The van der Waals surface area contributed by atoms with Gasteiger partial charge in [0.05, 0.1) is 32.3 Å². The lowest BCUT2D eigenvalue weighted by atomic mass is 10.1. The Labute approximate surface area is 179 Å². The molecule has 3 aromatic rings. The first-order chi connectivity index (χ1) is 14.6. The van der Waals surface area contributed by atoms with Gasteiger partial charge in [-0.25, -0.2) is 9.97 Å². The molecule has 10 heteroatoms. The van der Waals surface area contributed by atoms with E-state index in [9.17, 15) is 0 Å². The van der Waals surface area contributed by atoms with Crippen LogP contribution in [0.5, 0.6) is 11.8 Å². The quantitative estimate of drug-likeness (QED) is 0.512. The highest BCUT2D eigenvalue weighted by atomic mass is 32.2. The number of hydrogen-bond acceptors (Lipinski definition) is 9. The maximum Gasteiger partial charge on any atom is 0.235 e. The number of nitrogens with zero attached hydrogens (tertiary/aromatic N) is 6. The van der Waals surface area contributed by atoms with E-state index in [1.165, 1.54) is 0 Å². The number of methoxy groups -OCH3 is 2. The summed E-state index contributed by atoms with van der Waals surface area (Å²) in [7, 11) is 3.19. The van der Waals surface area contributed by atoms with Crippen LogP contribution in [0, 0.1) is 0 Å². The van der Waals surface area contributed by atoms with Gasteiger partial charge < -0.3 is 9.47 Å². The monoisotopic (exact) mass is 427 g/mol. The minimum Gasteiger partial charge on any atom is -0.481 e. The van der Waals surface area contributed by atoms with E-state index >= 15 is 0 Å². The zero-order chi connectivity index (χ0) is 21.1. The van der Waals surface area contributed by atoms with Crippen molar-refractivity contribution in [1.82, 2.24) is 29.7 Å². The van der Waals surface area contributed by atoms with Crippen molar-refractivity contribution in [2.24, 2.45) is 0 Å². The highest BCUT2D eigenvalue weighted by Gasteiger charge is 2.31. The molecule has 1 aliphatic carbocycles. The van der Waals surface area contributed by atoms with Crippen molar-refractivity contribution >= 4 is 17.9 Å². The zero-order valence-electron chi connectivity index (χ0n) is 17.4. The Morgan fingerprint density at radius 3 is 2.53 bits per heavy atom. The van der Waals surface area contributed by atoms with E-state index in [4.69, 9.17) is 9.47 Å². The first kappa shape index (κ1) is 20.4. The van der Waals surface area contributed by atoms with Gasteiger partial charge in [0, 0.05) is 23.3 Å². The Morgan fingerprint density at radius 1 is 1.07 bits per heavy atom. The van der Waals surface area contributed by atoms with Crippen molar-refractivity contribution in [1.29, 1.82) is 0 Å². The average Bonchev–Trinajstić information content (AvgIpc) is 3.55. The lowest BCUT2D eigenvalue weighted by molar-refractivity contribution is 0.394. The Morgan fingerprint density at radius 2 is 1.87 bits per heavy atom. The van der Waals surface area contributed by atoms with Crippen molar-refractivity contribution in [3.63, 3.8) is 0 Å². The summed E-state index contributed by atoms with van der Waals surface area (Å²) in [6.45, 7) is 4.28. The van der Waals surface area contributed by atoms with Crippen LogP contribution in [-0.4, -0.2) is 49.2 Å². The minimum absolute atomic E-state index is 0.192. The second-order valence-corrected chi connectivity index (χ2v) is 8.39. The summed E-state index contributed by atoms with van der Waals surface area (Å²) < 4.78 is 15.9. The van der Waals surface area contributed by atoms with Gasteiger partial charge in [-0.15, -0.1) is 10.2 Å². The molecule has 2 unspecified atom stereocenters. The number of anilines is 1. The Balaban J connectivity index is 1.48. The Hall–Kier alpha value is -2.88. The fraction of sp³-hybridized carbons (Fsp3) is 0.450. The lowest BCUT2D eigenvalue weighted by Gasteiger charge is -2.19. The molecule has 3 heterocycles. The van der Waals surface area contributed by atoms with Crippen LogP contribution in [0.1, 0.15) is 44.3 Å². The normalized spacial score (nSPS) is 15.5. The van der Waals surface area contributed by atoms with Gasteiger partial charge in [0.1, 0.15) is 5.69 Å². The van der Waals surface area contributed by atoms with E-state index in [1.807, 2.05) is 18.2 Å². The maximum atomic E-state index is 5.25. The number of ether oxygens (including phenoxy) is 2. The van der Waals surface area contributed by atoms with Crippen LogP contribution in [0.2, 0.25) is 0 Å².